The molecule has 1 amide bonds. The second-order valence-corrected chi connectivity index (χ2v) is 4.12. The second kappa shape index (κ2) is 5.11. The molecule has 1 saturated heterocycles. The number of likely N-dealkylation sites (tertiary alicyclic amines) is 1. The van der Waals surface area contributed by atoms with E-state index in [2.05, 4.69) is 0 Å². The summed E-state index contributed by atoms with van der Waals surface area (Å²) in [6.45, 7) is 4.93. The Morgan fingerprint density at radius 2 is 2.07 bits per heavy atom. The van der Waals surface area contributed by atoms with E-state index in [9.17, 15) is 9.59 Å². The summed E-state index contributed by atoms with van der Waals surface area (Å²) in [4.78, 5) is 23.4. The van der Waals surface area contributed by atoms with Crippen molar-refractivity contribution < 1.29 is 19.4 Å². The third kappa shape index (κ3) is 3.87. The molecule has 0 aromatic carbocycles. The molecule has 5 heteroatoms. The molecular weight excluding hydrogens is 198 g/mol. The van der Waals surface area contributed by atoms with Crippen molar-refractivity contribution in [1.82, 2.24) is 4.90 Å². The maximum absolute atomic E-state index is 11.4. The fraction of sp³-hybridized carbons (Fsp3) is 0.800. The van der Waals surface area contributed by atoms with Gasteiger partial charge in [0.05, 0.1) is 12.5 Å². The van der Waals surface area contributed by atoms with E-state index in [0.717, 1.165) is 0 Å². The van der Waals surface area contributed by atoms with Gasteiger partial charge in [-0.05, 0) is 13.8 Å². The van der Waals surface area contributed by atoms with E-state index in [1.807, 2.05) is 13.8 Å². The highest BCUT2D eigenvalue weighted by Crippen LogP contribution is 2.18. The zero-order valence-corrected chi connectivity index (χ0v) is 9.10. The van der Waals surface area contributed by atoms with Gasteiger partial charge in [0.15, 0.2) is 0 Å². The minimum absolute atomic E-state index is 0.0463. The SMILES string of the molecule is CC(C)OCC(=O)N1CC(CC(=O)O)C1. The Hall–Kier alpha value is -1.10. The largest absolute Gasteiger partial charge is 0.481 e. The molecular formula is C10H17NO4. The summed E-state index contributed by atoms with van der Waals surface area (Å²) in [6.07, 6.45) is 0.194. The lowest BCUT2D eigenvalue weighted by Crippen LogP contribution is -2.51. The van der Waals surface area contributed by atoms with Gasteiger partial charge in [-0.3, -0.25) is 9.59 Å². The summed E-state index contributed by atoms with van der Waals surface area (Å²) in [7, 11) is 0. The fourth-order valence-electron chi connectivity index (χ4n) is 1.48. The molecule has 0 bridgehead atoms. The standard InChI is InChI=1S/C10H17NO4/c1-7(2)15-6-9(12)11-4-8(5-11)3-10(13)14/h7-8H,3-6H2,1-2H3,(H,13,14). The molecule has 5 nitrogen and oxygen atoms in total. The molecule has 0 saturated carbocycles. The summed E-state index contributed by atoms with van der Waals surface area (Å²) in [5.74, 6) is -0.735. The van der Waals surface area contributed by atoms with Crippen LogP contribution in [0.2, 0.25) is 0 Å². The van der Waals surface area contributed by atoms with Gasteiger partial charge in [-0.15, -0.1) is 0 Å². The summed E-state index contributed by atoms with van der Waals surface area (Å²) < 4.78 is 5.17. The first-order valence-corrected chi connectivity index (χ1v) is 5.10. The second-order valence-electron chi connectivity index (χ2n) is 4.12. The Kier molecular flexibility index (Phi) is 4.08. The molecule has 0 aromatic rings. The van der Waals surface area contributed by atoms with E-state index in [1.165, 1.54) is 0 Å². The fourth-order valence-corrected chi connectivity index (χ4v) is 1.48. The van der Waals surface area contributed by atoms with Gasteiger partial charge in [0.1, 0.15) is 6.61 Å². The number of nitrogens with zero attached hydrogens (tertiary/aromatic N) is 1. The van der Waals surface area contributed by atoms with Crippen molar-refractivity contribution in [3.8, 4) is 0 Å². The molecule has 0 unspecified atom stereocenters. The van der Waals surface area contributed by atoms with Gasteiger partial charge in [0, 0.05) is 19.0 Å². The highest BCUT2D eigenvalue weighted by molar-refractivity contribution is 5.78. The van der Waals surface area contributed by atoms with Crippen molar-refractivity contribution in [3.63, 3.8) is 0 Å². The number of ether oxygens (including phenoxy) is 1. The van der Waals surface area contributed by atoms with Gasteiger partial charge < -0.3 is 14.7 Å². The van der Waals surface area contributed by atoms with E-state index in [1.54, 1.807) is 4.90 Å². The van der Waals surface area contributed by atoms with Crippen molar-refractivity contribution in [1.29, 1.82) is 0 Å². The number of carbonyl (C=O) groups excluding carboxylic acids is 1. The predicted molar refractivity (Wildman–Crippen MR) is 53.4 cm³/mol. The third-order valence-corrected chi connectivity index (χ3v) is 2.31. The minimum Gasteiger partial charge on any atom is -0.481 e. The van der Waals surface area contributed by atoms with E-state index >= 15 is 0 Å². The van der Waals surface area contributed by atoms with E-state index in [4.69, 9.17) is 9.84 Å². The Morgan fingerprint density at radius 1 is 1.47 bits per heavy atom. The molecule has 1 heterocycles. The van der Waals surface area contributed by atoms with Crippen molar-refractivity contribution in [3.05, 3.63) is 0 Å². The van der Waals surface area contributed by atoms with Gasteiger partial charge in [-0.1, -0.05) is 0 Å². The van der Waals surface area contributed by atoms with E-state index < -0.39 is 5.97 Å². The average Bonchev–Trinajstić information content (AvgIpc) is 2.06. The lowest BCUT2D eigenvalue weighted by molar-refractivity contribution is -0.148. The Balaban J connectivity index is 2.15. The van der Waals surface area contributed by atoms with Gasteiger partial charge in [0.2, 0.25) is 5.91 Å². The number of carbonyl (C=O) groups is 2. The highest BCUT2D eigenvalue weighted by Gasteiger charge is 2.31. The number of rotatable bonds is 5. The first kappa shape index (κ1) is 12.0. The molecule has 1 aliphatic rings. The predicted octanol–water partition coefficient (Wildman–Crippen LogP) is 0.344. The van der Waals surface area contributed by atoms with Crippen LogP contribution in [0.1, 0.15) is 20.3 Å². The molecule has 1 aliphatic heterocycles. The monoisotopic (exact) mass is 215 g/mol. The van der Waals surface area contributed by atoms with Crippen LogP contribution in [0.3, 0.4) is 0 Å². The molecule has 0 spiro atoms. The van der Waals surface area contributed by atoms with Crippen molar-refractivity contribution in [2.75, 3.05) is 19.7 Å². The maximum atomic E-state index is 11.4. The smallest absolute Gasteiger partial charge is 0.303 e. The molecule has 15 heavy (non-hydrogen) atoms. The lowest BCUT2D eigenvalue weighted by atomic mass is 9.96. The third-order valence-electron chi connectivity index (χ3n) is 2.31. The van der Waals surface area contributed by atoms with Gasteiger partial charge in [-0.2, -0.15) is 0 Å². The molecule has 1 fully saturated rings. The number of hydrogen-bond acceptors (Lipinski definition) is 3. The van der Waals surface area contributed by atoms with Crippen LogP contribution in [0.15, 0.2) is 0 Å². The zero-order chi connectivity index (χ0) is 11.4. The van der Waals surface area contributed by atoms with Crippen LogP contribution in [0, 0.1) is 5.92 Å². The molecule has 0 radical (unpaired) electrons. The van der Waals surface area contributed by atoms with E-state index in [-0.39, 0.29) is 31.0 Å². The molecule has 0 aliphatic carbocycles. The maximum Gasteiger partial charge on any atom is 0.303 e. The Morgan fingerprint density at radius 3 is 2.53 bits per heavy atom. The summed E-state index contributed by atoms with van der Waals surface area (Å²) in [6, 6.07) is 0. The summed E-state index contributed by atoms with van der Waals surface area (Å²) >= 11 is 0. The van der Waals surface area contributed by atoms with Crippen molar-refractivity contribution in [2.45, 2.75) is 26.4 Å². The summed E-state index contributed by atoms with van der Waals surface area (Å²) in [5, 5.41) is 8.52. The van der Waals surface area contributed by atoms with Crippen molar-refractivity contribution in [2.24, 2.45) is 5.92 Å². The quantitative estimate of drug-likeness (QED) is 0.718. The van der Waals surface area contributed by atoms with Gasteiger partial charge >= 0.3 is 5.97 Å². The number of carboxylic acids is 1. The number of aliphatic carboxylic acids is 1. The number of amides is 1. The number of hydrogen-bond donors (Lipinski definition) is 1. The lowest BCUT2D eigenvalue weighted by Gasteiger charge is -2.38. The topological polar surface area (TPSA) is 66.8 Å². The number of carboxylic acid groups (broad SMARTS) is 1. The molecule has 86 valence electrons. The summed E-state index contributed by atoms with van der Waals surface area (Å²) in [5.41, 5.74) is 0. The van der Waals surface area contributed by atoms with Crippen molar-refractivity contribution >= 4 is 11.9 Å². The van der Waals surface area contributed by atoms with Crippen LogP contribution >= 0.6 is 0 Å². The highest BCUT2D eigenvalue weighted by atomic mass is 16.5. The van der Waals surface area contributed by atoms with Crippen LogP contribution in [0.5, 0.6) is 0 Å². The van der Waals surface area contributed by atoms with Crippen LogP contribution in [0.25, 0.3) is 0 Å². The first-order chi connectivity index (χ1) is 6.99. The zero-order valence-electron chi connectivity index (χ0n) is 9.10. The molecule has 1 N–H and O–H groups in total. The molecule has 0 atom stereocenters. The van der Waals surface area contributed by atoms with Gasteiger partial charge in [-0.25, -0.2) is 0 Å². The average molecular weight is 215 g/mol. The van der Waals surface area contributed by atoms with Gasteiger partial charge in [0.25, 0.3) is 0 Å². The Labute approximate surface area is 89.0 Å². The van der Waals surface area contributed by atoms with Crippen LogP contribution in [-0.4, -0.2) is 47.7 Å². The molecule has 0 aromatic heterocycles. The first-order valence-electron chi connectivity index (χ1n) is 5.10. The molecule has 1 rings (SSSR count). The Bertz CT molecular complexity index is 246. The van der Waals surface area contributed by atoms with E-state index in [0.29, 0.717) is 13.1 Å². The normalized spacial score (nSPS) is 16.6. The minimum atomic E-state index is -0.800. The van der Waals surface area contributed by atoms with Crippen LogP contribution < -0.4 is 0 Å². The van der Waals surface area contributed by atoms with Crippen LogP contribution in [-0.2, 0) is 14.3 Å². The van der Waals surface area contributed by atoms with Crippen LogP contribution in [0.4, 0.5) is 0 Å².